The number of rotatable bonds is 4. The first-order valence-corrected chi connectivity index (χ1v) is 15.6. The molecule has 2 nitrogen and oxygen atoms in total. The molecule has 8 aromatic rings. The lowest BCUT2D eigenvalue weighted by Gasteiger charge is -2.27. The van der Waals surface area contributed by atoms with Gasteiger partial charge in [-0.25, -0.2) is 0 Å². The number of benzene rings is 7. The zero-order valence-electron chi connectivity index (χ0n) is 25.3. The zero-order chi connectivity index (χ0) is 30.1. The molecule has 1 aliphatic rings. The van der Waals surface area contributed by atoms with Crippen LogP contribution >= 0.6 is 0 Å². The molecule has 0 amide bonds. The molecule has 0 bridgehead atoms. The van der Waals surface area contributed by atoms with Crippen molar-refractivity contribution in [3.63, 3.8) is 0 Å². The van der Waals surface area contributed by atoms with Crippen LogP contribution in [-0.2, 0) is 5.41 Å². The van der Waals surface area contributed by atoms with Crippen molar-refractivity contribution < 1.29 is 4.42 Å². The van der Waals surface area contributed by atoms with Crippen LogP contribution < -0.4 is 4.90 Å². The second-order valence-corrected chi connectivity index (χ2v) is 12.6. The van der Waals surface area contributed by atoms with Crippen LogP contribution in [0.2, 0.25) is 0 Å². The first-order chi connectivity index (χ1) is 22.1. The summed E-state index contributed by atoms with van der Waals surface area (Å²) in [7, 11) is 0. The summed E-state index contributed by atoms with van der Waals surface area (Å²) in [6, 6.07) is 54.5. The molecule has 0 unspecified atom stereocenters. The predicted octanol–water partition coefficient (Wildman–Crippen LogP) is 12.2. The standard InChI is InChI=1S/C43H31NO/c1-43(2)38-20-12-11-19-34(38)37-26-31(22-24-39(37)43)44(30-16-7-4-8-17-30)32-21-23-35-40(27-32)45-42-36(28-13-5-3-6-14-28)25-29-15-9-10-18-33(29)41(35)42/h3-27H,1-2H3. The summed E-state index contributed by atoms with van der Waals surface area (Å²) in [5.74, 6) is 0. The molecule has 7 aromatic carbocycles. The SMILES string of the molecule is CC1(C)c2ccccc2-c2cc(N(c3ccccc3)c3ccc4c(c3)oc3c(-c5ccccc5)cc5ccccc5c34)ccc21. The van der Waals surface area contributed by atoms with E-state index in [1.54, 1.807) is 0 Å². The van der Waals surface area contributed by atoms with Crippen molar-refractivity contribution >= 4 is 49.8 Å². The summed E-state index contributed by atoms with van der Waals surface area (Å²) < 4.78 is 6.83. The van der Waals surface area contributed by atoms with Gasteiger partial charge in [-0.3, -0.25) is 0 Å². The van der Waals surface area contributed by atoms with Gasteiger partial charge in [0.2, 0.25) is 0 Å². The van der Waals surface area contributed by atoms with E-state index in [9.17, 15) is 0 Å². The van der Waals surface area contributed by atoms with Crippen LogP contribution in [0.3, 0.4) is 0 Å². The Hall–Kier alpha value is -5.60. The summed E-state index contributed by atoms with van der Waals surface area (Å²) in [4.78, 5) is 2.34. The topological polar surface area (TPSA) is 16.4 Å². The molecule has 0 N–H and O–H groups in total. The van der Waals surface area contributed by atoms with Gasteiger partial charge in [0, 0.05) is 44.9 Å². The first kappa shape index (κ1) is 25.9. The van der Waals surface area contributed by atoms with Crippen molar-refractivity contribution in [2.75, 3.05) is 4.90 Å². The lowest BCUT2D eigenvalue weighted by atomic mass is 9.82. The molecule has 0 fully saturated rings. The number of hydrogen-bond acceptors (Lipinski definition) is 2. The fourth-order valence-electron chi connectivity index (χ4n) is 7.46. The monoisotopic (exact) mass is 577 g/mol. The largest absolute Gasteiger partial charge is 0.455 e. The van der Waals surface area contributed by atoms with Gasteiger partial charge in [0.05, 0.1) is 0 Å². The molecular weight excluding hydrogens is 546 g/mol. The smallest absolute Gasteiger partial charge is 0.143 e. The maximum Gasteiger partial charge on any atom is 0.143 e. The van der Waals surface area contributed by atoms with Crippen molar-refractivity contribution in [1.29, 1.82) is 0 Å². The van der Waals surface area contributed by atoms with E-state index in [0.717, 1.165) is 50.1 Å². The first-order valence-electron chi connectivity index (χ1n) is 15.6. The van der Waals surface area contributed by atoms with Crippen molar-refractivity contribution in [3.8, 4) is 22.3 Å². The van der Waals surface area contributed by atoms with Gasteiger partial charge in [-0.2, -0.15) is 0 Å². The van der Waals surface area contributed by atoms with E-state index in [2.05, 4.69) is 170 Å². The van der Waals surface area contributed by atoms with E-state index in [1.807, 2.05) is 0 Å². The van der Waals surface area contributed by atoms with E-state index in [1.165, 1.54) is 33.0 Å². The third kappa shape index (κ3) is 3.89. The van der Waals surface area contributed by atoms with Crippen LogP contribution in [0.4, 0.5) is 17.1 Å². The van der Waals surface area contributed by atoms with Gasteiger partial charge in [0.25, 0.3) is 0 Å². The van der Waals surface area contributed by atoms with Crippen LogP contribution in [0.5, 0.6) is 0 Å². The normalized spacial score (nSPS) is 13.3. The highest BCUT2D eigenvalue weighted by Crippen LogP contribution is 2.51. The highest BCUT2D eigenvalue weighted by molar-refractivity contribution is 6.22. The average Bonchev–Trinajstić information content (AvgIpc) is 3.58. The maximum absolute atomic E-state index is 6.83. The Bertz CT molecular complexity index is 2400. The van der Waals surface area contributed by atoms with Gasteiger partial charge >= 0.3 is 0 Å². The minimum Gasteiger partial charge on any atom is -0.455 e. The van der Waals surface area contributed by atoms with E-state index >= 15 is 0 Å². The molecule has 9 rings (SSSR count). The van der Waals surface area contributed by atoms with Crippen LogP contribution in [0.25, 0.3) is 55.0 Å². The van der Waals surface area contributed by atoms with Crippen LogP contribution in [0, 0.1) is 0 Å². The van der Waals surface area contributed by atoms with E-state index in [-0.39, 0.29) is 5.41 Å². The number of nitrogens with zero attached hydrogens (tertiary/aromatic N) is 1. The molecule has 214 valence electrons. The van der Waals surface area contributed by atoms with Gasteiger partial charge in [0.15, 0.2) is 0 Å². The lowest BCUT2D eigenvalue weighted by Crippen LogP contribution is -2.15. The highest BCUT2D eigenvalue weighted by Gasteiger charge is 2.35. The third-order valence-electron chi connectivity index (χ3n) is 9.63. The minimum atomic E-state index is -0.0333. The van der Waals surface area contributed by atoms with Crippen LogP contribution in [0.15, 0.2) is 156 Å². The van der Waals surface area contributed by atoms with Crippen molar-refractivity contribution in [2.24, 2.45) is 0 Å². The second-order valence-electron chi connectivity index (χ2n) is 12.6. The predicted molar refractivity (Wildman–Crippen MR) is 189 cm³/mol. The summed E-state index contributed by atoms with van der Waals surface area (Å²) in [5.41, 5.74) is 12.7. The molecule has 0 saturated carbocycles. The van der Waals surface area contributed by atoms with Crippen molar-refractivity contribution in [2.45, 2.75) is 19.3 Å². The fourth-order valence-corrected chi connectivity index (χ4v) is 7.46. The molecule has 1 aliphatic carbocycles. The Morgan fingerprint density at radius 3 is 2.00 bits per heavy atom. The molecule has 1 aromatic heterocycles. The maximum atomic E-state index is 6.83. The Kier molecular flexibility index (Phi) is 5.58. The molecule has 45 heavy (non-hydrogen) atoms. The van der Waals surface area contributed by atoms with Crippen molar-refractivity contribution in [1.82, 2.24) is 0 Å². The lowest BCUT2D eigenvalue weighted by molar-refractivity contribution is 0.660. The van der Waals surface area contributed by atoms with Gasteiger partial charge < -0.3 is 9.32 Å². The Labute approximate surface area is 262 Å². The average molecular weight is 578 g/mol. The van der Waals surface area contributed by atoms with Crippen LogP contribution in [0.1, 0.15) is 25.0 Å². The second kappa shape index (κ2) is 9.70. The fraction of sp³-hybridized carbons (Fsp3) is 0.0698. The van der Waals surface area contributed by atoms with Gasteiger partial charge in [-0.1, -0.05) is 117 Å². The molecule has 1 heterocycles. The number of furan rings is 1. The molecule has 2 heteroatoms. The summed E-state index contributed by atoms with van der Waals surface area (Å²) >= 11 is 0. The molecule has 0 aliphatic heterocycles. The number of fused-ring (bicyclic) bond motifs is 8. The molecule has 0 radical (unpaired) electrons. The van der Waals surface area contributed by atoms with E-state index in [4.69, 9.17) is 4.42 Å². The molecule has 0 atom stereocenters. The van der Waals surface area contributed by atoms with Crippen molar-refractivity contribution in [3.05, 3.63) is 163 Å². The Balaban J connectivity index is 1.27. The van der Waals surface area contributed by atoms with E-state index in [0.29, 0.717) is 0 Å². The Morgan fingerprint density at radius 2 is 1.16 bits per heavy atom. The van der Waals surface area contributed by atoms with Gasteiger partial charge in [-0.15, -0.1) is 0 Å². The Morgan fingerprint density at radius 1 is 0.489 bits per heavy atom. The third-order valence-corrected chi connectivity index (χ3v) is 9.63. The number of anilines is 3. The summed E-state index contributed by atoms with van der Waals surface area (Å²) in [5, 5.41) is 4.71. The quantitative estimate of drug-likeness (QED) is 0.207. The number of hydrogen-bond donors (Lipinski definition) is 0. The minimum absolute atomic E-state index is 0.0333. The van der Waals surface area contributed by atoms with E-state index < -0.39 is 0 Å². The van der Waals surface area contributed by atoms with Gasteiger partial charge in [-0.05, 0) is 81.1 Å². The molecule has 0 saturated heterocycles. The molecular formula is C43H31NO. The van der Waals surface area contributed by atoms with Crippen LogP contribution in [-0.4, -0.2) is 0 Å². The summed E-state index contributed by atoms with van der Waals surface area (Å²) in [6.45, 7) is 4.66. The van der Waals surface area contributed by atoms with Gasteiger partial charge in [0.1, 0.15) is 11.2 Å². The zero-order valence-corrected chi connectivity index (χ0v) is 25.3. The summed E-state index contributed by atoms with van der Waals surface area (Å²) in [6.07, 6.45) is 0. The highest BCUT2D eigenvalue weighted by atomic mass is 16.3. The number of para-hydroxylation sites is 1. The molecule has 0 spiro atoms.